The van der Waals surface area contributed by atoms with Crippen molar-refractivity contribution in [3.05, 3.63) is 24.8 Å². The number of nitrogens with zero attached hydrogens (tertiary/aromatic N) is 2. The summed E-state index contributed by atoms with van der Waals surface area (Å²) >= 11 is 0. The molecule has 1 aliphatic rings. The highest BCUT2D eigenvalue weighted by atomic mass is 16.2. The van der Waals surface area contributed by atoms with Gasteiger partial charge in [0.2, 0.25) is 0 Å². The molecule has 0 aromatic carbocycles. The summed E-state index contributed by atoms with van der Waals surface area (Å²) < 4.78 is 0.820. The van der Waals surface area contributed by atoms with Crippen LogP contribution in [0, 0.1) is 0 Å². The average molecular weight is 208 g/mol. The lowest BCUT2D eigenvalue weighted by molar-refractivity contribution is -0.495. The molecule has 0 saturated carbocycles. The summed E-state index contributed by atoms with van der Waals surface area (Å²) in [5, 5.41) is 5.85. The number of hydrogen-bond acceptors (Lipinski definition) is 3. The molecule has 0 aromatic rings. The Hall–Kier alpha value is -2.11. The number of hydrogen-bond donors (Lipinski definition) is 1. The summed E-state index contributed by atoms with van der Waals surface area (Å²) in [5.41, 5.74) is 0. The van der Waals surface area contributed by atoms with Gasteiger partial charge in [-0.25, -0.2) is 4.79 Å². The molecule has 0 fully saturated rings. The van der Waals surface area contributed by atoms with Crippen molar-refractivity contribution >= 4 is 17.7 Å². The van der Waals surface area contributed by atoms with Crippen molar-refractivity contribution in [2.75, 3.05) is 13.1 Å². The minimum absolute atomic E-state index is 0.261. The molecular formula is C9H10N3O3+. The smallest absolute Gasteiger partial charge is 0.347 e. The predicted molar refractivity (Wildman–Crippen MR) is 49.9 cm³/mol. The molecule has 3 amide bonds. The number of azo groups is 2. The van der Waals surface area contributed by atoms with Gasteiger partial charge in [-0.15, -0.1) is 6.58 Å². The first-order valence-corrected chi connectivity index (χ1v) is 4.26. The molecule has 0 unspecified atom stereocenters. The van der Waals surface area contributed by atoms with E-state index in [1.807, 2.05) is 0 Å². The third kappa shape index (κ3) is 3.26. The van der Waals surface area contributed by atoms with Gasteiger partial charge < -0.3 is 5.32 Å². The minimum Gasteiger partial charge on any atom is -0.347 e. The van der Waals surface area contributed by atoms with Gasteiger partial charge in [-0.2, -0.15) is 0 Å². The highest BCUT2D eigenvalue weighted by Gasteiger charge is 2.25. The van der Waals surface area contributed by atoms with Gasteiger partial charge in [0, 0.05) is 17.7 Å². The fourth-order valence-electron chi connectivity index (χ4n) is 0.921. The van der Waals surface area contributed by atoms with Crippen LogP contribution in [0.25, 0.3) is 0 Å². The maximum atomic E-state index is 11.2. The molecule has 0 aliphatic carbocycles. The molecule has 0 saturated heterocycles. The van der Waals surface area contributed by atoms with Crippen LogP contribution in [0.1, 0.15) is 0 Å². The van der Waals surface area contributed by atoms with Crippen LogP contribution in [0.5, 0.6) is 0 Å². The summed E-state index contributed by atoms with van der Waals surface area (Å²) in [6.07, 6.45) is 3.65. The number of carbonyl (C=O) groups excluding carboxylic acids is 3. The summed E-state index contributed by atoms with van der Waals surface area (Å²) in [7, 11) is 0. The van der Waals surface area contributed by atoms with E-state index in [-0.39, 0.29) is 6.54 Å². The van der Waals surface area contributed by atoms with Crippen LogP contribution in [0.15, 0.2) is 29.9 Å². The first-order valence-electron chi connectivity index (χ1n) is 4.26. The van der Waals surface area contributed by atoms with E-state index < -0.39 is 17.7 Å². The van der Waals surface area contributed by atoms with E-state index in [0.29, 0.717) is 6.54 Å². The summed E-state index contributed by atoms with van der Waals surface area (Å²) in [6, 6.07) is 0. The molecule has 1 aliphatic heterocycles. The molecule has 0 bridgehead atoms. The van der Waals surface area contributed by atoms with Gasteiger partial charge in [0.05, 0.1) is 6.08 Å². The van der Waals surface area contributed by atoms with Crippen molar-refractivity contribution in [2.24, 2.45) is 5.11 Å². The van der Waals surface area contributed by atoms with Gasteiger partial charge >= 0.3 is 11.8 Å². The number of amides is 3. The van der Waals surface area contributed by atoms with Gasteiger partial charge in [-0.1, -0.05) is 6.08 Å². The SMILES string of the molecule is C=CCNC(=O)C[N+]1=NC(=O)C=CC1=O. The molecule has 0 radical (unpaired) electrons. The molecule has 6 nitrogen and oxygen atoms in total. The molecule has 0 spiro atoms. The Morgan fingerprint density at radius 2 is 2.27 bits per heavy atom. The zero-order valence-corrected chi connectivity index (χ0v) is 7.97. The first-order chi connectivity index (χ1) is 7.13. The van der Waals surface area contributed by atoms with E-state index in [4.69, 9.17) is 0 Å². The monoisotopic (exact) mass is 208 g/mol. The van der Waals surface area contributed by atoms with Crippen LogP contribution in [0.4, 0.5) is 0 Å². The second-order valence-electron chi connectivity index (χ2n) is 2.76. The lowest BCUT2D eigenvalue weighted by Crippen LogP contribution is -2.35. The average Bonchev–Trinajstić information content (AvgIpc) is 2.20. The van der Waals surface area contributed by atoms with Crippen LogP contribution in [-0.2, 0) is 14.4 Å². The van der Waals surface area contributed by atoms with Gasteiger partial charge in [-0.3, -0.25) is 9.59 Å². The Labute approximate surface area is 86.0 Å². The van der Waals surface area contributed by atoms with E-state index in [2.05, 4.69) is 17.0 Å². The Morgan fingerprint density at radius 3 is 2.93 bits per heavy atom. The predicted octanol–water partition coefficient (Wildman–Crippen LogP) is -0.624. The standard InChI is InChI=1S/C9H9N3O3/c1-2-5-10-8(14)6-12-9(15)4-3-7(13)11-12/h2-4H,1,5-6H2/p+1. The lowest BCUT2D eigenvalue weighted by Gasteiger charge is -1.99. The molecule has 1 rings (SSSR count). The van der Waals surface area contributed by atoms with Gasteiger partial charge in [0.15, 0.2) is 0 Å². The zero-order valence-electron chi connectivity index (χ0n) is 7.97. The molecule has 6 heteroatoms. The van der Waals surface area contributed by atoms with Crippen LogP contribution < -0.4 is 5.32 Å². The Bertz CT molecular complexity index is 382. The largest absolute Gasteiger partial charge is 0.437 e. The van der Waals surface area contributed by atoms with E-state index >= 15 is 0 Å². The van der Waals surface area contributed by atoms with Crippen LogP contribution in [0.2, 0.25) is 0 Å². The highest BCUT2D eigenvalue weighted by Crippen LogP contribution is 1.94. The highest BCUT2D eigenvalue weighted by molar-refractivity contribution is 5.96. The molecule has 0 atom stereocenters. The van der Waals surface area contributed by atoms with Crippen molar-refractivity contribution in [2.45, 2.75) is 0 Å². The van der Waals surface area contributed by atoms with Crippen molar-refractivity contribution in [3.8, 4) is 0 Å². The fourth-order valence-corrected chi connectivity index (χ4v) is 0.921. The van der Waals surface area contributed by atoms with Crippen molar-refractivity contribution < 1.29 is 19.1 Å². The second kappa shape index (κ2) is 4.94. The van der Waals surface area contributed by atoms with E-state index in [1.165, 1.54) is 6.08 Å². The van der Waals surface area contributed by atoms with Crippen LogP contribution in [-0.4, -0.2) is 35.5 Å². The number of rotatable bonds is 4. The Kier molecular flexibility index (Phi) is 3.61. The van der Waals surface area contributed by atoms with Crippen LogP contribution in [0.3, 0.4) is 0 Å². The number of carbonyl (C=O) groups is 3. The van der Waals surface area contributed by atoms with Crippen molar-refractivity contribution in [1.29, 1.82) is 0 Å². The Morgan fingerprint density at radius 1 is 1.53 bits per heavy atom. The third-order valence-corrected chi connectivity index (χ3v) is 1.58. The van der Waals surface area contributed by atoms with Crippen LogP contribution >= 0.6 is 0 Å². The fraction of sp³-hybridized carbons (Fsp3) is 0.222. The normalized spacial score (nSPS) is 14.8. The Balaban J connectivity index is 2.57. The van der Waals surface area contributed by atoms with Gasteiger partial charge in [-0.05, 0) is 4.70 Å². The molecule has 1 heterocycles. The van der Waals surface area contributed by atoms with E-state index in [9.17, 15) is 14.4 Å². The topological polar surface area (TPSA) is 78.6 Å². The quantitative estimate of drug-likeness (QED) is 0.493. The van der Waals surface area contributed by atoms with E-state index in [0.717, 1.165) is 16.8 Å². The van der Waals surface area contributed by atoms with Gasteiger partial charge in [0.25, 0.3) is 12.5 Å². The minimum atomic E-state index is -0.550. The molecule has 15 heavy (non-hydrogen) atoms. The molecule has 1 N–H and O–H groups in total. The van der Waals surface area contributed by atoms with Crippen molar-refractivity contribution in [3.63, 3.8) is 0 Å². The zero-order chi connectivity index (χ0) is 11.3. The van der Waals surface area contributed by atoms with Crippen molar-refractivity contribution in [1.82, 2.24) is 5.32 Å². The molecular weight excluding hydrogens is 198 g/mol. The maximum Gasteiger partial charge on any atom is 0.437 e. The molecule has 78 valence electrons. The summed E-state index contributed by atoms with van der Waals surface area (Å²) in [6.45, 7) is 3.47. The first kappa shape index (κ1) is 11.0. The summed E-state index contributed by atoms with van der Waals surface area (Å²) in [5.74, 6) is -1.43. The number of nitrogens with one attached hydrogen (secondary N) is 1. The maximum absolute atomic E-state index is 11.2. The lowest BCUT2D eigenvalue weighted by atomic mass is 10.4. The third-order valence-electron chi connectivity index (χ3n) is 1.58. The van der Waals surface area contributed by atoms with Gasteiger partial charge in [0.1, 0.15) is 0 Å². The second-order valence-corrected chi connectivity index (χ2v) is 2.76. The van der Waals surface area contributed by atoms with E-state index in [1.54, 1.807) is 0 Å². The molecule has 0 aromatic heterocycles. The summed E-state index contributed by atoms with van der Waals surface area (Å²) in [4.78, 5) is 33.1.